The lowest BCUT2D eigenvalue weighted by atomic mass is 9.91. The van der Waals surface area contributed by atoms with Crippen molar-refractivity contribution < 1.29 is 14.6 Å². The average molecular weight is 654 g/mol. The van der Waals surface area contributed by atoms with Crippen LogP contribution in [0.25, 0.3) is 11.1 Å². The van der Waals surface area contributed by atoms with E-state index in [9.17, 15) is 5.11 Å². The molecule has 0 heterocycles. The summed E-state index contributed by atoms with van der Waals surface area (Å²) in [6.07, 6.45) is 5.95. The standard InChI is InChI=1S/C35H42BrClN2O3/c1-6-7-16-38-19-25(4)22-41-33-18-34(32(37)17-29(33)20-39-21-31(24(2)3)26(5)40)42-23-28-14-11-15-30(35(28)36)27-12-9-8-10-13-27/h7-19,24,26,31,39-40H,4,6,20-23H2,1-3,5H3/b16-7-,38-19?/t26-,31?/m1/s1. The Labute approximate surface area is 264 Å². The Morgan fingerprint density at radius 3 is 2.50 bits per heavy atom. The number of aliphatic hydroxyl groups is 1. The molecule has 3 rings (SSSR count). The highest BCUT2D eigenvalue weighted by atomic mass is 79.9. The van der Waals surface area contributed by atoms with Crippen molar-refractivity contribution in [2.75, 3.05) is 13.2 Å². The van der Waals surface area contributed by atoms with Crippen molar-refractivity contribution >= 4 is 33.7 Å². The summed E-state index contributed by atoms with van der Waals surface area (Å²) in [6.45, 7) is 14.0. The summed E-state index contributed by atoms with van der Waals surface area (Å²) in [5.41, 5.74) is 4.86. The van der Waals surface area contributed by atoms with Crippen molar-refractivity contribution in [2.45, 2.75) is 53.4 Å². The second-order valence-electron chi connectivity index (χ2n) is 10.6. The van der Waals surface area contributed by atoms with Gasteiger partial charge in [-0.2, -0.15) is 0 Å². The van der Waals surface area contributed by atoms with Gasteiger partial charge in [0.1, 0.15) is 24.7 Å². The van der Waals surface area contributed by atoms with E-state index < -0.39 is 6.10 Å². The fourth-order valence-corrected chi connectivity index (χ4v) is 5.35. The molecule has 3 aromatic carbocycles. The van der Waals surface area contributed by atoms with Crippen LogP contribution in [0.4, 0.5) is 0 Å². The van der Waals surface area contributed by atoms with Gasteiger partial charge >= 0.3 is 0 Å². The van der Waals surface area contributed by atoms with Crippen molar-refractivity contribution in [3.05, 3.63) is 106 Å². The first-order valence-corrected chi connectivity index (χ1v) is 15.5. The number of hydrogen-bond acceptors (Lipinski definition) is 5. The van der Waals surface area contributed by atoms with Crippen LogP contribution in [0, 0.1) is 11.8 Å². The Morgan fingerprint density at radius 1 is 1.05 bits per heavy atom. The molecule has 0 aliphatic carbocycles. The molecule has 0 saturated heterocycles. The van der Waals surface area contributed by atoms with Crippen LogP contribution in [-0.4, -0.2) is 30.6 Å². The number of aliphatic imine (C=N–C) groups is 1. The summed E-state index contributed by atoms with van der Waals surface area (Å²) in [5, 5.41) is 14.2. The third-order valence-corrected chi connectivity index (χ3v) is 8.16. The third-order valence-electron chi connectivity index (χ3n) is 6.93. The molecule has 0 fully saturated rings. The largest absolute Gasteiger partial charge is 0.488 e. The minimum atomic E-state index is -0.406. The minimum Gasteiger partial charge on any atom is -0.488 e. The Hall–Kier alpha value is -2.90. The third kappa shape index (κ3) is 10.1. The Kier molecular flexibility index (Phi) is 13.8. The van der Waals surface area contributed by atoms with Gasteiger partial charge in [-0.25, -0.2) is 0 Å². The number of allylic oxidation sites excluding steroid dienone is 1. The van der Waals surface area contributed by atoms with Crippen LogP contribution in [0.15, 0.2) is 94.6 Å². The highest BCUT2D eigenvalue weighted by Crippen LogP contribution is 2.36. The van der Waals surface area contributed by atoms with Gasteiger partial charge in [-0.1, -0.05) is 93.6 Å². The SMILES string of the molecule is C=C(C=N/C=C\CC)COc1cc(OCc2cccc(-c3ccccc3)c2Br)c(Cl)cc1CNCC(C(C)C)[C@@H](C)O. The molecule has 0 radical (unpaired) electrons. The maximum atomic E-state index is 10.2. The van der Waals surface area contributed by atoms with Gasteiger partial charge in [0.25, 0.3) is 0 Å². The van der Waals surface area contributed by atoms with Gasteiger partial charge in [0, 0.05) is 52.7 Å². The van der Waals surface area contributed by atoms with Crippen LogP contribution < -0.4 is 14.8 Å². The molecule has 0 bridgehead atoms. The zero-order valence-electron chi connectivity index (χ0n) is 24.9. The van der Waals surface area contributed by atoms with Crippen LogP contribution in [0.1, 0.15) is 45.2 Å². The van der Waals surface area contributed by atoms with Crippen LogP contribution >= 0.6 is 27.5 Å². The molecule has 224 valence electrons. The highest BCUT2D eigenvalue weighted by Gasteiger charge is 2.19. The van der Waals surface area contributed by atoms with Gasteiger partial charge in [-0.3, -0.25) is 4.99 Å². The molecular weight excluding hydrogens is 612 g/mol. The number of nitrogens with zero attached hydrogens (tertiary/aromatic N) is 1. The molecule has 0 amide bonds. The maximum Gasteiger partial charge on any atom is 0.142 e. The number of nitrogens with one attached hydrogen (secondary N) is 1. The molecule has 42 heavy (non-hydrogen) atoms. The predicted molar refractivity (Wildman–Crippen MR) is 180 cm³/mol. The van der Waals surface area contributed by atoms with Gasteiger partial charge in [-0.05, 0) is 58.3 Å². The number of aliphatic hydroxyl groups excluding tert-OH is 1. The lowest BCUT2D eigenvalue weighted by Gasteiger charge is -2.24. The molecule has 0 aliphatic heterocycles. The second-order valence-corrected chi connectivity index (χ2v) is 11.8. The topological polar surface area (TPSA) is 63.1 Å². The Morgan fingerprint density at radius 2 is 1.81 bits per heavy atom. The molecule has 7 heteroatoms. The molecular formula is C35H42BrClN2O3. The number of hydrogen-bond donors (Lipinski definition) is 2. The highest BCUT2D eigenvalue weighted by molar-refractivity contribution is 9.10. The molecule has 0 aromatic heterocycles. The van der Waals surface area contributed by atoms with Crippen molar-refractivity contribution in [3.8, 4) is 22.6 Å². The van der Waals surface area contributed by atoms with E-state index in [0.29, 0.717) is 42.1 Å². The summed E-state index contributed by atoms with van der Waals surface area (Å²) < 4.78 is 13.4. The first-order chi connectivity index (χ1) is 20.2. The summed E-state index contributed by atoms with van der Waals surface area (Å²) in [7, 11) is 0. The normalized spacial score (nSPS) is 13.1. The average Bonchev–Trinajstić information content (AvgIpc) is 2.97. The van der Waals surface area contributed by atoms with Gasteiger partial charge in [0.05, 0.1) is 11.1 Å². The zero-order valence-corrected chi connectivity index (χ0v) is 27.3. The molecule has 0 spiro atoms. The maximum absolute atomic E-state index is 10.2. The fraction of sp³-hybridized carbons (Fsp3) is 0.343. The molecule has 3 aromatic rings. The van der Waals surface area contributed by atoms with Crippen LogP contribution in [0.2, 0.25) is 5.02 Å². The van der Waals surface area contributed by atoms with Gasteiger partial charge < -0.3 is 19.9 Å². The number of halogens is 2. The van der Waals surface area contributed by atoms with Crippen molar-refractivity contribution in [2.24, 2.45) is 16.8 Å². The van der Waals surface area contributed by atoms with Crippen LogP contribution in [0.5, 0.6) is 11.5 Å². The fourth-order valence-electron chi connectivity index (χ4n) is 4.51. The van der Waals surface area contributed by atoms with E-state index in [-0.39, 0.29) is 12.5 Å². The van der Waals surface area contributed by atoms with E-state index in [1.165, 1.54) is 0 Å². The summed E-state index contributed by atoms with van der Waals surface area (Å²) in [4.78, 5) is 4.26. The molecule has 2 N–H and O–H groups in total. The summed E-state index contributed by atoms with van der Waals surface area (Å²) >= 11 is 10.5. The van der Waals surface area contributed by atoms with Crippen LogP contribution in [0.3, 0.4) is 0 Å². The second kappa shape index (κ2) is 17.3. The van der Waals surface area contributed by atoms with Gasteiger partial charge in [-0.15, -0.1) is 0 Å². The van der Waals surface area contributed by atoms with Crippen LogP contribution in [-0.2, 0) is 13.2 Å². The van der Waals surface area contributed by atoms with E-state index in [4.69, 9.17) is 21.1 Å². The van der Waals surface area contributed by atoms with Gasteiger partial charge in [0.2, 0.25) is 0 Å². The zero-order chi connectivity index (χ0) is 30.5. The first kappa shape index (κ1) is 33.6. The molecule has 5 nitrogen and oxygen atoms in total. The van der Waals surface area contributed by atoms with E-state index in [1.54, 1.807) is 12.4 Å². The van der Waals surface area contributed by atoms with E-state index in [1.807, 2.05) is 55.5 Å². The van der Waals surface area contributed by atoms with Crippen molar-refractivity contribution in [1.82, 2.24) is 5.32 Å². The molecule has 0 aliphatic rings. The number of ether oxygens (including phenoxy) is 2. The summed E-state index contributed by atoms with van der Waals surface area (Å²) in [5.74, 6) is 1.65. The number of benzene rings is 3. The Balaban J connectivity index is 1.80. The quantitative estimate of drug-likeness (QED) is 0.152. The molecule has 0 saturated carbocycles. The molecule has 2 atom stereocenters. The van der Waals surface area contributed by atoms with Crippen molar-refractivity contribution in [3.63, 3.8) is 0 Å². The first-order valence-electron chi connectivity index (χ1n) is 14.4. The minimum absolute atomic E-state index is 0.129. The smallest absolute Gasteiger partial charge is 0.142 e. The van der Waals surface area contributed by atoms with E-state index in [0.717, 1.165) is 38.7 Å². The lowest BCUT2D eigenvalue weighted by Crippen LogP contribution is -2.33. The molecule has 1 unspecified atom stereocenters. The lowest BCUT2D eigenvalue weighted by molar-refractivity contribution is 0.0966. The Bertz CT molecular complexity index is 1350. The van der Waals surface area contributed by atoms with Gasteiger partial charge in [0.15, 0.2) is 0 Å². The van der Waals surface area contributed by atoms with E-state index >= 15 is 0 Å². The van der Waals surface area contributed by atoms with E-state index in [2.05, 4.69) is 71.8 Å². The predicted octanol–water partition coefficient (Wildman–Crippen LogP) is 9.02. The number of rotatable bonds is 16. The van der Waals surface area contributed by atoms with Crippen molar-refractivity contribution in [1.29, 1.82) is 0 Å². The summed E-state index contributed by atoms with van der Waals surface area (Å²) in [6, 6.07) is 20.1. The monoisotopic (exact) mass is 652 g/mol.